The van der Waals surface area contributed by atoms with Crippen LogP contribution in [0, 0.1) is 0 Å². The van der Waals surface area contributed by atoms with Crippen molar-refractivity contribution in [2.45, 2.75) is 31.7 Å². The van der Waals surface area contributed by atoms with Gasteiger partial charge < -0.3 is 6.15 Å². The van der Waals surface area contributed by atoms with Crippen LogP contribution in [0.1, 0.15) is 26.2 Å². The van der Waals surface area contributed by atoms with E-state index in [1.165, 1.54) is 0 Å². The van der Waals surface area contributed by atoms with Crippen molar-refractivity contribution in [1.82, 2.24) is 6.15 Å². The molecular weight excluding hydrogens is 223 g/mol. The van der Waals surface area contributed by atoms with Gasteiger partial charge in [-0.1, -0.05) is 19.8 Å². The number of rotatable bonds is 5. The molecule has 0 aliphatic rings. The lowest BCUT2D eigenvalue weighted by Gasteiger charge is -2.07. The van der Waals surface area contributed by atoms with Gasteiger partial charge in [0.15, 0.2) is 0 Å². The standard InChI is InChI=1S/C6H11F3O3S.H3N/c1-2-3-4-5-12-13(10,11)6(7,8)9;/h2-5H2,1H3;1H3. The van der Waals surface area contributed by atoms with Crippen molar-refractivity contribution >= 4 is 10.1 Å². The third-order valence-corrected chi connectivity index (χ3v) is 2.31. The molecule has 0 aliphatic heterocycles. The predicted octanol–water partition coefficient (Wildman–Crippen LogP) is 2.20. The normalized spacial score (nSPS) is 12.3. The van der Waals surface area contributed by atoms with Crippen LogP contribution < -0.4 is 6.15 Å². The highest BCUT2D eigenvalue weighted by Crippen LogP contribution is 2.24. The Bertz CT molecular complexity index is 237. The minimum atomic E-state index is -5.38. The van der Waals surface area contributed by atoms with E-state index in [0.717, 1.165) is 6.42 Å². The van der Waals surface area contributed by atoms with Gasteiger partial charge in [0.1, 0.15) is 0 Å². The molecule has 0 radical (unpaired) electrons. The van der Waals surface area contributed by atoms with Gasteiger partial charge in [0.2, 0.25) is 0 Å². The molecule has 0 saturated carbocycles. The summed E-state index contributed by atoms with van der Waals surface area (Å²) in [6.07, 6.45) is 1.74. The van der Waals surface area contributed by atoms with E-state index in [0.29, 0.717) is 12.8 Å². The fourth-order valence-electron chi connectivity index (χ4n) is 0.588. The first-order valence-corrected chi connectivity index (χ1v) is 5.18. The monoisotopic (exact) mass is 237 g/mol. The van der Waals surface area contributed by atoms with Gasteiger partial charge in [0.25, 0.3) is 0 Å². The number of alkyl halides is 3. The predicted molar refractivity (Wildman–Crippen MR) is 45.5 cm³/mol. The van der Waals surface area contributed by atoms with E-state index in [1.54, 1.807) is 0 Å². The fourth-order valence-corrected chi connectivity index (χ4v) is 1.06. The van der Waals surface area contributed by atoms with Crippen molar-refractivity contribution in [3.05, 3.63) is 0 Å². The summed E-state index contributed by atoms with van der Waals surface area (Å²) in [5.74, 6) is 0. The second kappa shape index (κ2) is 6.20. The van der Waals surface area contributed by atoms with Gasteiger partial charge in [-0.15, -0.1) is 0 Å². The summed E-state index contributed by atoms with van der Waals surface area (Å²) in [5, 5.41) is 0. The third kappa shape index (κ3) is 5.40. The molecule has 88 valence electrons. The fraction of sp³-hybridized carbons (Fsp3) is 1.00. The molecule has 0 spiro atoms. The molecule has 0 saturated heterocycles. The van der Waals surface area contributed by atoms with Gasteiger partial charge >= 0.3 is 15.6 Å². The highest BCUT2D eigenvalue weighted by molar-refractivity contribution is 7.87. The van der Waals surface area contributed by atoms with Gasteiger partial charge in [-0.2, -0.15) is 21.6 Å². The van der Waals surface area contributed by atoms with Crippen LogP contribution >= 0.6 is 0 Å². The van der Waals surface area contributed by atoms with Crippen molar-refractivity contribution < 1.29 is 25.8 Å². The Morgan fingerprint density at radius 3 is 2.07 bits per heavy atom. The Morgan fingerprint density at radius 2 is 1.71 bits per heavy atom. The highest BCUT2D eigenvalue weighted by atomic mass is 32.2. The van der Waals surface area contributed by atoms with Gasteiger partial charge in [0.05, 0.1) is 6.61 Å². The Balaban J connectivity index is 0. The molecule has 3 N–H and O–H groups in total. The Labute approximate surface area is 81.1 Å². The summed E-state index contributed by atoms with van der Waals surface area (Å²) in [4.78, 5) is 0. The summed E-state index contributed by atoms with van der Waals surface area (Å²) in [6.45, 7) is 1.44. The summed E-state index contributed by atoms with van der Waals surface area (Å²) in [6, 6.07) is 0. The van der Waals surface area contributed by atoms with E-state index in [-0.39, 0.29) is 6.15 Å². The highest BCUT2D eigenvalue weighted by Gasteiger charge is 2.47. The Kier molecular flexibility index (Phi) is 7.13. The van der Waals surface area contributed by atoms with E-state index in [9.17, 15) is 21.6 Å². The molecule has 0 bridgehead atoms. The van der Waals surface area contributed by atoms with Crippen molar-refractivity contribution in [1.29, 1.82) is 0 Å². The average molecular weight is 237 g/mol. The van der Waals surface area contributed by atoms with Crippen LogP contribution in [0.25, 0.3) is 0 Å². The first-order valence-electron chi connectivity index (χ1n) is 3.77. The van der Waals surface area contributed by atoms with Crippen molar-refractivity contribution in [2.24, 2.45) is 0 Å². The van der Waals surface area contributed by atoms with Gasteiger partial charge in [-0.3, -0.25) is 4.18 Å². The SMILES string of the molecule is CCCCCOS(=O)(=O)C(F)(F)F.N. The van der Waals surface area contributed by atoms with Crippen molar-refractivity contribution in [3.63, 3.8) is 0 Å². The molecular formula is C6H14F3NO3S. The van der Waals surface area contributed by atoms with Crippen LogP contribution in [-0.2, 0) is 14.3 Å². The second-order valence-corrected chi connectivity index (χ2v) is 4.04. The second-order valence-electron chi connectivity index (χ2n) is 2.43. The summed E-state index contributed by atoms with van der Waals surface area (Å²) in [5.41, 5.74) is -5.31. The maximum Gasteiger partial charge on any atom is 0.523 e. The topological polar surface area (TPSA) is 78.4 Å². The molecule has 8 heteroatoms. The molecule has 0 atom stereocenters. The maximum absolute atomic E-state index is 11.6. The lowest BCUT2D eigenvalue weighted by Crippen LogP contribution is -2.25. The van der Waals surface area contributed by atoms with E-state index >= 15 is 0 Å². The zero-order valence-corrected chi connectivity index (χ0v) is 8.62. The van der Waals surface area contributed by atoms with Crippen LogP contribution in [0.4, 0.5) is 13.2 Å². The smallest absolute Gasteiger partial charge is 0.344 e. The zero-order valence-electron chi connectivity index (χ0n) is 7.80. The summed E-state index contributed by atoms with van der Waals surface area (Å²) >= 11 is 0. The lowest BCUT2D eigenvalue weighted by atomic mass is 10.3. The van der Waals surface area contributed by atoms with Crippen LogP contribution in [-0.4, -0.2) is 20.5 Å². The molecule has 0 fully saturated rings. The van der Waals surface area contributed by atoms with Crippen molar-refractivity contribution in [3.8, 4) is 0 Å². The third-order valence-electron chi connectivity index (χ3n) is 1.27. The lowest BCUT2D eigenvalue weighted by molar-refractivity contribution is -0.0542. The van der Waals surface area contributed by atoms with Crippen LogP contribution in [0.15, 0.2) is 0 Å². The molecule has 14 heavy (non-hydrogen) atoms. The molecule has 0 aromatic rings. The average Bonchev–Trinajstić information content (AvgIpc) is 1.96. The quantitative estimate of drug-likeness (QED) is 0.451. The molecule has 0 aromatic heterocycles. The summed E-state index contributed by atoms with van der Waals surface area (Å²) in [7, 11) is -5.38. The van der Waals surface area contributed by atoms with Crippen LogP contribution in [0.2, 0.25) is 0 Å². The number of halogens is 3. The first-order chi connectivity index (χ1) is 5.81. The Hall–Kier alpha value is -0.340. The number of hydrogen-bond donors (Lipinski definition) is 1. The van der Waals surface area contributed by atoms with E-state index in [2.05, 4.69) is 4.18 Å². The van der Waals surface area contributed by atoms with Gasteiger partial charge in [-0.05, 0) is 6.42 Å². The molecule has 0 unspecified atom stereocenters. The van der Waals surface area contributed by atoms with Crippen molar-refractivity contribution in [2.75, 3.05) is 6.61 Å². The molecule has 0 aliphatic carbocycles. The molecule has 0 rings (SSSR count). The maximum atomic E-state index is 11.6. The van der Waals surface area contributed by atoms with Gasteiger partial charge in [-0.25, -0.2) is 0 Å². The molecule has 4 nitrogen and oxygen atoms in total. The summed E-state index contributed by atoms with van der Waals surface area (Å²) < 4.78 is 59.2. The molecule has 0 aromatic carbocycles. The Morgan fingerprint density at radius 1 is 1.21 bits per heavy atom. The van der Waals surface area contributed by atoms with E-state index in [4.69, 9.17) is 0 Å². The van der Waals surface area contributed by atoms with Crippen LogP contribution in [0.5, 0.6) is 0 Å². The minimum absolute atomic E-state index is 0. The van der Waals surface area contributed by atoms with E-state index < -0.39 is 22.2 Å². The number of hydrogen-bond acceptors (Lipinski definition) is 4. The molecule has 0 amide bonds. The number of unbranched alkanes of at least 4 members (excludes halogenated alkanes) is 2. The largest absolute Gasteiger partial charge is 0.523 e. The minimum Gasteiger partial charge on any atom is -0.344 e. The van der Waals surface area contributed by atoms with Gasteiger partial charge in [0, 0.05) is 0 Å². The zero-order chi connectivity index (χ0) is 10.5. The first kappa shape index (κ1) is 16.1. The molecule has 0 heterocycles. The van der Waals surface area contributed by atoms with E-state index in [1.807, 2.05) is 6.92 Å². The van der Waals surface area contributed by atoms with Crippen LogP contribution in [0.3, 0.4) is 0 Å².